The van der Waals surface area contributed by atoms with Crippen LogP contribution in [0.4, 0.5) is 4.39 Å². The first-order valence-electron chi connectivity index (χ1n) is 5.33. The number of nitrogens with one attached hydrogen (secondary N) is 2. The van der Waals surface area contributed by atoms with Gasteiger partial charge in [-0.25, -0.2) is 4.39 Å². The average molecular weight is 238 g/mol. The number of carbonyl (C=O) groups is 2. The van der Waals surface area contributed by atoms with E-state index in [1.165, 1.54) is 31.2 Å². The number of ketones is 1. The molecule has 0 atom stereocenters. The molecule has 0 fully saturated rings. The predicted molar refractivity (Wildman–Crippen MR) is 62.3 cm³/mol. The fourth-order valence-corrected chi connectivity index (χ4v) is 1.27. The van der Waals surface area contributed by atoms with Crippen molar-refractivity contribution >= 4 is 11.7 Å². The maximum absolute atomic E-state index is 12.6. The van der Waals surface area contributed by atoms with E-state index in [1.807, 2.05) is 0 Å². The minimum Gasteiger partial charge on any atom is -0.355 e. The molecule has 1 aromatic carbocycles. The van der Waals surface area contributed by atoms with Crippen molar-refractivity contribution in [3.05, 3.63) is 35.6 Å². The molecule has 5 heteroatoms. The predicted octanol–water partition coefficient (Wildman–Crippen LogP) is 0.734. The summed E-state index contributed by atoms with van der Waals surface area (Å²) in [6.07, 6.45) is 0. The molecule has 0 aromatic heterocycles. The van der Waals surface area contributed by atoms with Gasteiger partial charge in [-0.05, 0) is 24.3 Å². The molecule has 0 bridgehead atoms. The Morgan fingerprint density at radius 3 is 2.41 bits per heavy atom. The minimum absolute atomic E-state index is 0.100. The van der Waals surface area contributed by atoms with Gasteiger partial charge in [0, 0.05) is 25.6 Å². The van der Waals surface area contributed by atoms with E-state index in [2.05, 4.69) is 10.6 Å². The summed E-state index contributed by atoms with van der Waals surface area (Å²) in [5, 5.41) is 5.50. The number of halogens is 1. The lowest BCUT2D eigenvalue weighted by Gasteiger charge is -2.04. The van der Waals surface area contributed by atoms with E-state index >= 15 is 0 Å². The summed E-state index contributed by atoms with van der Waals surface area (Å²) in [6, 6.07) is 5.41. The summed E-state index contributed by atoms with van der Waals surface area (Å²) >= 11 is 0. The fourth-order valence-electron chi connectivity index (χ4n) is 1.27. The highest BCUT2D eigenvalue weighted by atomic mass is 19.1. The van der Waals surface area contributed by atoms with Gasteiger partial charge in [-0.2, -0.15) is 0 Å². The second-order valence-electron chi connectivity index (χ2n) is 3.59. The van der Waals surface area contributed by atoms with Gasteiger partial charge in [0.05, 0.1) is 6.54 Å². The number of rotatable bonds is 6. The molecule has 0 aliphatic heterocycles. The fraction of sp³-hybridized carbons (Fsp3) is 0.333. The Hall–Kier alpha value is -1.75. The van der Waals surface area contributed by atoms with Gasteiger partial charge in [-0.1, -0.05) is 0 Å². The maximum atomic E-state index is 12.6. The van der Waals surface area contributed by atoms with Gasteiger partial charge in [-0.3, -0.25) is 9.59 Å². The van der Waals surface area contributed by atoms with Crippen LogP contribution in [-0.2, 0) is 4.79 Å². The van der Waals surface area contributed by atoms with Gasteiger partial charge in [-0.15, -0.1) is 0 Å². The second-order valence-corrected chi connectivity index (χ2v) is 3.59. The standard InChI is InChI=1S/C12H15FN2O2/c1-9(16)15-7-6-14-8-12(17)10-2-4-11(13)5-3-10/h2-5,14H,6-8H2,1H3,(H,15,16). The summed E-state index contributed by atoms with van der Waals surface area (Å²) in [5.74, 6) is -0.565. The van der Waals surface area contributed by atoms with E-state index in [4.69, 9.17) is 0 Å². The van der Waals surface area contributed by atoms with Crippen LogP contribution in [0.25, 0.3) is 0 Å². The second kappa shape index (κ2) is 6.75. The van der Waals surface area contributed by atoms with E-state index < -0.39 is 0 Å². The van der Waals surface area contributed by atoms with Crippen molar-refractivity contribution in [1.29, 1.82) is 0 Å². The molecule has 1 aromatic rings. The largest absolute Gasteiger partial charge is 0.355 e. The zero-order chi connectivity index (χ0) is 12.7. The molecule has 0 unspecified atom stereocenters. The lowest BCUT2D eigenvalue weighted by Crippen LogP contribution is -2.32. The smallest absolute Gasteiger partial charge is 0.216 e. The van der Waals surface area contributed by atoms with Gasteiger partial charge >= 0.3 is 0 Å². The molecule has 1 amide bonds. The molecule has 0 saturated carbocycles. The van der Waals surface area contributed by atoms with Crippen molar-refractivity contribution in [2.45, 2.75) is 6.92 Å². The first-order valence-corrected chi connectivity index (χ1v) is 5.33. The van der Waals surface area contributed by atoms with Gasteiger partial charge in [0.15, 0.2) is 5.78 Å². The van der Waals surface area contributed by atoms with Crippen LogP contribution in [-0.4, -0.2) is 31.3 Å². The number of hydrogen-bond acceptors (Lipinski definition) is 3. The van der Waals surface area contributed by atoms with Crippen molar-refractivity contribution in [1.82, 2.24) is 10.6 Å². The van der Waals surface area contributed by atoms with Crippen LogP contribution in [0.5, 0.6) is 0 Å². The lowest BCUT2D eigenvalue weighted by atomic mass is 10.1. The number of carbonyl (C=O) groups excluding carboxylic acids is 2. The molecule has 0 aliphatic rings. The summed E-state index contributed by atoms with van der Waals surface area (Å²) in [7, 11) is 0. The van der Waals surface area contributed by atoms with Crippen molar-refractivity contribution < 1.29 is 14.0 Å². The number of hydrogen-bond donors (Lipinski definition) is 2. The van der Waals surface area contributed by atoms with Crippen LogP contribution in [0, 0.1) is 5.82 Å². The Morgan fingerprint density at radius 2 is 1.82 bits per heavy atom. The van der Waals surface area contributed by atoms with Gasteiger partial charge in [0.2, 0.25) is 5.91 Å². The molecule has 1 rings (SSSR count). The summed E-state index contributed by atoms with van der Waals surface area (Å²) < 4.78 is 12.6. The number of amides is 1. The highest BCUT2D eigenvalue weighted by molar-refractivity contribution is 5.97. The monoisotopic (exact) mass is 238 g/mol. The van der Waals surface area contributed by atoms with Crippen LogP contribution in [0.2, 0.25) is 0 Å². The Labute approximate surface area is 99.2 Å². The van der Waals surface area contributed by atoms with Crippen molar-refractivity contribution in [3.8, 4) is 0 Å². The van der Waals surface area contributed by atoms with Crippen molar-refractivity contribution in [2.24, 2.45) is 0 Å². The van der Waals surface area contributed by atoms with Gasteiger partial charge < -0.3 is 10.6 Å². The third kappa shape index (κ3) is 5.21. The topological polar surface area (TPSA) is 58.2 Å². The van der Waals surface area contributed by atoms with Crippen LogP contribution >= 0.6 is 0 Å². The van der Waals surface area contributed by atoms with E-state index in [9.17, 15) is 14.0 Å². The molecule has 0 heterocycles. The number of Topliss-reactive ketones (excluding diaryl/α,β-unsaturated/α-hetero) is 1. The molecular weight excluding hydrogens is 223 g/mol. The van der Waals surface area contributed by atoms with Gasteiger partial charge in [0.1, 0.15) is 5.82 Å². The summed E-state index contributed by atoms with van der Waals surface area (Å²) in [6.45, 7) is 2.60. The zero-order valence-electron chi connectivity index (χ0n) is 9.63. The Balaban J connectivity index is 2.25. The Kier molecular flexibility index (Phi) is 5.29. The maximum Gasteiger partial charge on any atom is 0.216 e. The normalized spacial score (nSPS) is 10.0. The third-order valence-electron chi connectivity index (χ3n) is 2.13. The average Bonchev–Trinajstić information content (AvgIpc) is 2.29. The zero-order valence-corrected chi connectivity index (χ0v) is 9.63. The first kappa shape index (κ1) is 13.3. The summed E-state index contributed by atoms with van der Waals surface area (Å²) in [4.78, 5) is 22.1. The van der Waals surface area contributed by atoms with Crippen LogP contribution in [0.3, 0.4) is 0 Å². The van der Waals surface area contributed by atoms with E-state index in [1.54, 1.807) is 0 Å². The minimum atomic E-state index is -0.361. The number of benzene rings is 1. The first-order chi connectivity index (χ1) is 8.09. The molecule has 0 spiro atoms. The third-order valence-corrected chi connectivity index (χ3v) is 2.13. The van der Waals surface area contributed by atoms with E-state index in [0.717, 1.165) is 0 Å². The Bertz CT molecular complexity index is 390. The lowest BCUT2D eigenvalue weighted by molar-refractivity contribution is -0.118. The SMILES string of the molecule is CC(=O)NCCNCC(=O)c1ccc(F)cc1. The van der Waals surface area contributed by atoms with E-state index in [-0.39, 0.29) is 24.1 Å². The molecule has 92 valence electrons. The highest BCUT2D eigenvalue weighted by Crippen LogP contribution is 2.02. The molecule has 0 radical (unpaired) electrons. The van der Waals surface area contributed by atoms with Crippen LogP contribution in [0.1, 0.15) is 17.3 Å². The molecule has 0 saturated heterocycles. The molecule has 17 heavy (non-hydrogen) atoms. The molecular formula is C12H15FN2O2. The van der Waals surface area contributed by atoms with Crippen molar-refractivity contribution in [3.63, 3.8) is 0 Å². The molecule has 0 aliphatic carbocycles. The quantitative estimate of drug-likeness (QED) is 0.567. The van der Waals surface area contributed by atoms with Crippen LogP contribution in [0.15, 0.2) is 24.3 Å². The highest BCUT2D eigenvalue weighted by Gasteiger charge is 2.04. The Morgan fingerprint density at radius 1 is 1.18 bits per heavy atom. The van der Waals surface area contributed by atoms with Crippen molar-refractivity contribution in [2.75, 3.05) is 19.6 Å². The summed E-state index contributed by atoms with van der Waals surface area (Å²) in [5.41, 5.74) is 0.471. The van der Waals surface area contributed by atoms with E-state index in [0.29, 0.717) is 18.7 Å². The molecule has 4 nitrogen and oxygen atoms in total. The van der Waals surface area contributed by atoms with Crippen LogP contribution < -0.4 is 10.6 Å². The van der Waals surface area contributed by atoms with Gasteiger partial charge in [0.25, 0.3) is 0 Å². The molecule has 2 N–H and O–H groups in total.